The van der Waals surface area contributed by atoms with E-state index in [1.54, 1.807) is 0 Å². The monoisotopic (exact) mass is 674 g/mol. The Hall–Kier alpha value is -4.14. The van der Waals surface area contributed by atoms with Crippen molar-refractivity contribution in [2.75, 3.05) is 31.6 Å². The zero-order chi connectivity index (χ0) is 35.2. The van der Waals surface area contributed by atoms with Crippen molar-refractivity contribution in [2.45, 2.75) is 90.6 Å². The van der Waals surface area contributed by atoms with Crippen LogP contribution in [0.3, 0.4) is 0 Å². The number of aliphatic hydroxyl groups excluding tert-OH is 3. The number of fused-ring (bicyclic) bond motifs is 1. The summed E-state index contributed by atoms with van der Waals surface area (Å²) in [7, 11) is 0. The van der Waals surface area contributed by atoms with Crippen LogP contribution >= 0.6 is 0 Å². The second-order valence-electron chi connectivity index (χ2n) is 13.3. The van der Waals surface area contributed by atoms with Crippen LogP contribution in [-0.2, 0) is 11.3 Å². The summed E-state index contributed by atoms with van der Waals surface area (Å²) in [5, 5.41) is 40.2. The minimum Gasteiger partial charge on any atom is -0.394 e. The van der Waals surface area contributed by atoms with E-state index in [9.17, 15) is 20.1 Å². The maximum absolute atomic E-state index is 12.8. The SMILES string of the molecule is Cc1ccc(C(CNc2nc(CNC(=O)NCCN(C(C)C)C(C)C)nc3c2ncn3[C@@H]2O[C@H](CO)[C@@H](O)[C@H]2O)c2ccc(C)cc2)cc1. The van der Waals surface area contributed by atoms with Gasteiger partial charge in [0, 0.05) is 37.6 Å². The number of urea groups is 1. The minimum absolute atomic E-state index is 0.0163. The number of amides is 2. The molecule has 0 spiro atoms. The Morgan fingerprint density at radius 1 is 0.918 bits per heavy atom. The number of nitrogens with zero attached hydrogens (tertiary/aromatic N) is 5. The first-order valence-corrected chi connectivity index (χ1v) is 17.0. The fourth-order valence-electron chi connectivity index (χ4n) is 6.32. The van der Waals surface area contributed by atoms with Crippen molar-refractivity contribution in [1.29, 1.82) is 0 Å². The van der Waals surface area contributed by atoms with E-state index in [2.05, 4.69) is 116 Å². The Morgan fingerprint density at radius 3 is 2.08 bits per heavy atom. The number of hydrogen-bond acceptors (Lipinski definition) is 10. The summed E-state index contributed by atoms with van der Waals surface area (Å²) in [5.74, 6) is 0.741. The number of benzene rings is 2. The van der Waals surface area contributed by atoms with Crippen molar-refractivity contribution >= 4 is 23.0 Å². The molecule has 2 aromatic heterocycles. The molecule has 1 saturated heterocycles. The summed E-state index contributed by atoms with van der Waals surface area (Å²) in [6.45, 7) is 13.9. The number of carbonyl (C=O) groups is 1. The molecule has 6 N–H and O–H groups in total. The topological polar surface area (TPSA) is 170 Å². The fraction of sp³-hybridized carbons (Fsp3) is 0.500. The third-order valence-electron chi connectivity index (χ3n) is 9.08. The van der Waals surface area contributed by atoms with Gasteiger partial charge in [-0.25, -0.2) is 19.7 Å². The van der Waals surface area contributed by atoms with Gasteiger partial charge in [0.15, 0.2) is 29.0 Å². The van der Waals surface area contributed by atoms with Crippen LogP contribution in [-0.4, -0.2) is 102 Å². The van der Waals surface area contributed by atoms with Crippen LogP contribution in [0.4, 0.5) is 10.6 Å². The highest BCUT2D eigenvalue weighted by molar-refractivity contribution is 5.83. The van der Waals surface area contributed by atoms with Gasteiger partial charge in [0.05, 0.1) is 19.5 Å². The fourth-order valence-corrected chi connectivity index (χ4v) is 6.32. The molecule has 13 nitrogen and oxygen atoms in total. The normalized spacial score (nSPS) is 19.4. The third-order valence-corrected chi connectivity index (χ3v) is 9.08. The zero-order valence-electron chi connectivity index (χ0n) is 29.2. The van der Waals surface area contributed by atoms with Gasteiger partial charge in [0.2, 0.25) is 0 Å². The Morgan fingerprint density at radius 2 is 1.53 bits per heavy atom. The number of anilines is 1. The van der Waals surface area contributed by atoms with E-state index >= 15 is 0 Å². The molecule has 1 aliphatic rings. The summed E-state index contributed by atoms with van der Waals surface area (Å²) in [4.78, 5) is 29.2. The molecule has 1 fully saturated rings. The van der Waals surface area contributed by atoms with Gasteiger partial charge in [0.25, 0.3) is 0 Å². The van der Waals surface area contributed by atoms with E-state index in [4.69, 9.17) is 14.7 Å². The van der Waals surface area contributed by atoms with Gasteiger partial charge in [-0.15, -0.1) is 0 Å². The molecule has 264 valence electrons. The average molecular weight is 675 g/mol. The highest BCUT2D eigenvalue weighted by Gasteiger charge is 2.44. The molecule has 0 saturated carbocycles. The minimum atomic E-state index is -1.32. The number of rotatable bonds is 14. The molecule has 0 aliphatic carbocycles. The second kappa shape index (κ2) is 16.0. The molecule has 1 aliphatic heterocycles. The van der Waals surface area contributed by atoms with Gasteiger partial charge < -0.3 is 36.0 Å². The van der Waals surface area contributed by atoms with Crippen LogP contribution in [0.5, 0.6) is 0 Å². The molecule has 49 heavy (non-hydrogen) atoms. The van der Waals surface area contributed by atoms with Crippen LogP contribution in [0.1, 0.15) is 67.9 Å². The van der Waals surface area contributed by atoms with Crippen molar-refractivity contribution in [3.8, 4) is 0 Å². The molecule has 13 heteroatoms. The lowest BCUT2D eigenvalue weighted by Gasteiger charge is -2.30. The third kappa shape index (κ3) is 8.54. The average Bonchev–Trinajstić information content (AvgIpc) is 3.62. The van der Waals surface area contributed by atoms with Crippen molar-refractivity contribution in [3.63, 3.8) is 0 Å². The second-order valence-corrected chi connectivity index (χ2v) is 13.3. The van der Waals surface area contributed by atoms with E-state index in [1.165, 1.54) is 22.0 Å². The number of aliphatic hydroxyl groups is 3. The lowest BCUT2D eigenvalue weighted by molar-refractivity contribution is -0.0511. The number of ether oxygens (including phenoxy) is 1. The van der Waals surface area contributed by atoms with Crippen LogP contribution in [0.2, 0.25) is 0 Å². The number of carbonyl (C=O) groups excluding carboxylic acids is 1. The number of nitrogens with one attached hydrogen (secondary N) is 3. The molecule has 2 amide bonds. The first kappa shape index (κ1) is 36.1. The van der Waals surface area contributed by atoms with Gasteiger partial charge in [-0.05, 0) is 52.7 Å². The smallest absolute Gasteiger partial charge is 0.315 e. The summed E-state index contributed by atoms with van der Waals surface area (Å²) in [6, 6.07) is 17.3. The number of hydrogen-bond donors (Lipinski definition) is 6. The number of aromatic nitrogens is 4. The van der Waals surface area contributed by atoms with Crippen molar-refractivity contribution in [3.05, 3.63) is 82.9 Å². The summed E-state index contributed by atoms with van der Waals surface area (Å²) >= 11 is 0. The Balaban J connectivity index is 1.42. The van der Waals surface area contributed by atoms with Gasteiger partial charge in [-0.3, -0.25) is 9.47 Å². The number of imidazole rings is 1. The van der Waals surface area contributed by atoms with Crippen molar-refractivity contribution < 1.29 is 24.9 Å². The molecule has 4 atom stereocenters. The highest BCUT2D eigenvalue weighted by atomic mass is 16.6. The largest absolute Gasteiger partial charge is 0.394 e. The molecule has 2 aromatic carbocycles. The van der Waals surface area contributed by atoms with Gasteiger partial charge in [-0.2, -0.15) is 0 Å². The van der Waals surface area contributed by atoms with Crippen molar-refractivity contribution in [2.24, 2.45) is 0 Å². The van der Waals surface area contributed by atoms with Crippen LogP contribution < -0.4 is 16.0 Å². The first-order valence-electron chi connectivity index (χ1n) is 17.0. The Bertz CT molecular complexity index is 1620. The van der Waals surface area contributed by atoms with E-state index in [1.807, 2.05) is 0 Å². The standard InChI is InChI=1S/C36H50N8O5/c1-21(2)43(22(3)4)16-15-37-36(48)39-18-29-41-33(30-34(42-29)44(20-40-30)35-32(47)31(46)28(19-45)49-35)38-17-27(25-11-7-23(5)8-12-25)26-13-9-24(6)10-14-26/h7-14,20-22,27-28,31-32,35,45-47H,15-19H2,1-6H3,(H2,37,39,48)(H,38,41,42)/t28-,31-,32-,35-/m1/s1. The van der Waals surface area contributed by atoms with Crippen molar-refractivity contribution in [1.82, 2.24) is 35.1 Å². The zero-order valence-corrected chi connectivity index (χ0v) is 29.2. The summed E-state index contributed by atoms with van der Waals surface area (Å²) in [5.41, 5.74) is 5.39. The number of aryl methyl sites for hydroxylation is 2. The predicted molar refractivity (Wildman–Crippen MR) is 188 cm³/mol. The van der Waals surface area contributed by atoms with Gasteiger partial charge in [-0.1, -0.05) is 59.7 Å². The Kier molecular flexibility index (Phi) is 11.8. The van der Waals surface area contributed by atoms with Gasteiger partial charge >= 0.3 is 6.03 Å². The van der Waals surface area contributed by atoms with E-state index in [0.29, 0.717) is 54.5 Å². The maximum Gasteiger partial charge on any atom is 0.315 e. The molecule has 0 unspecified atom stereocenters. The molecular weight excluding hydrogens is 624 g/mol. The van der Waals surface area contributed by atoms with E-state index < -0.39 is 31.1 Å². The summed E-state index contributed by atoms with van der Waals surface area (Å²) in [6.07, 6.45) is -3.14. The Labute approximate surface area is 287 Å². The van der Waals surface area contributed by atoms with Crippen LogP contribution in [0, 0.1) is 13.8 Å². The first-order chi connectivity index (χ1) is 23.5. The summed E-state index contributed by atoms with van der Waals surface area (Å²) < 4.78 is 7.33. The highest BCUT2D eigenvalue weighted by Crippen LogP contribution is 2.33. The van der Waals surface area contributed by atoms with E-state index in [-0.39, 0.29) is 18.5 Å². The molecule has 3 heterocycles. The molecule has 5 rings (SSSR count). The predicted octanol–water partition coefficient (Wildman–Crippen LogP) is 3.22. The van der Waals surface area contributed by atoms with Crippen LogP contribution in [0.15, 0.2) is 54.9 Å². The van der Waals surface area contributed by atoms with Crippen LogP contribution in [0.25, 0.3) is 11.2 Å². The lowest BCUT2D eigenvalue weighted by atomic mass is 9.90. The maximum atomic E-state index is 12.8. The van der Waals surface area contributed by atoms with E-state index in [0.717, 1.165) is 11.1 Å². The molecule has 4 aromatic rings. The molecule has 0 radical (unpaired) electrons. The lowest BCUT2D eigenvalue weighted by Crippen LogP contribution is -2.44. The van der Waals surface area contributed by atoms with Gasteiger partial charge in [0.1, 0.15) is 18.3 Å². The quantitative estimate of drug-likeness (QED) is 0.117. The molecule has 0 bridgehead atoms. The molecular formula is C36H50N8O5.